The normalized spacial score (nSPS) is 11.0. The number of rotatable bonds is 10. The van der Waals surface area contributed by atoms with Gasteiger partial charge in [0.25, 0.3) is 11.4 Å². The van der Waals surface area contributed by atoms with E-state index in [9.17, 15) is 25.0 Å². The summed E-state index contributed by atoms with van der Waals surface area (Å²) in [7, 11) is 0. The predicted molar refractivity (Wildman–Crippen MR) is 143 cm³/mol. The van der Waals surface area contributed by atoms with Crippen molar-refractivity contribution in [3.05, 3.63) is 122 Å². The number of nitro groups is 2. The van der Waals surface area contributed by atoms with Gasteiger partial charge in [-0.1, -0.05) is 41.6 Å². The second kappa shape index (κ2) is 11.9. The van der Waals surface area contributed by atoms with Crippen LogP contribution in [0.1, 0.15) is 22.5 Å². The van der Waals surface area contributed by atoms with Crippen LogP contribution < -0.4 is 5.32 Å². The van der Waals surface area contributed by atoms with Gasteiger partial charge in [-0.25, -0.2) is 0 Å². The van der Waals surface area contributed by atoms with Crippen LogP contribution in [0.4, 0.5) is 11.4 Å². The van der Waals surface area contributed by atoms with Crippen LogP contribution in [0.2, 0.25) is 0 Å². The van der Waals surface area contributed by atoms with E-state index in [0.29, 0.717) is 28.0 Å². The Labute approximate surface area is 221 Å². The number of non-ortho nitro benzene ring substituents is 2. The average Bonchev–Trinajstić information content (AvgIpc) is 3.32. The van der Waals surface area contributed by atoms with Crippen molar-refractivity contribution in [1.29, 1.82) is 0 Å². The molecular weight excluding hydrogens is 508 g/mol. The number of nitro benzene ring substituents is 2. The van der Waals surface area contributed by atoms with Gasteiger partial charge in [0.15, 0.2) is 11.0 Å². The SMILES string of the molecule is Cc1cccc(CSc2nnc(CNC(=O)/C=C/c3ccc([N+](=O)[O-])cc3)n2-c2ccc([N+](=O)[O-])cc2)c1. The number of carbonyl (C=O) groups is 1. The summed E-state index contributed by atoms with van der Waals surface area (Å²) in [6.07, 6.45) is 2.87. The molecule has 38 heavy (non-hydrogen) atoms. The summed E-state index contributed by atoms with van der Waals surface area (Å²) in [4.78, 5) is 33.4. The Balaban J connectivity index is 1.51. The topological polar surface area (TPSA) is 146 Å². The summed E-state index contributed by atoms with van der Waals surface area (Å²) in [6.45, 7) is 2.07. The minimum Gasteiger partial charge on any atom is -0.345 e. The highest BCUT2D eigenvalue weighted by Crippen LogP contribution is 2.26. The highest BCUT2D eigenvalue weighted by atomic mass is 32.2. The van der Waals surface area contributed by atoms with Crippen LogP contribution in [0.5, 0.6) is 0 Å². The number of aryl methyl sites for hydroxylation is 1. The van der Waals surface area contributed by atoms with E-state index in [0.717, 1.165) is 11.1 Å². The van der Waals surface area contributed by atoms with Crippen molar-refractivity contribution in [3.8, 4) is 5.69 Å². The molecule has 0 saturated carbocycles. The standard InChI is InChI=1S/C26H22N6O5S/c1-18-3-2-4-20(15-18)17-38-26-29-28-24(30(26)21-10-12-23(13-11-21)32(36)37)16-27-25(33)14-7-19-5-8-22(9-6-19)31(34)35/h2-15H,16-17H2,1H3,(H,27,33)/b14-7+. The quantitative estimate of drug-likeness (QED) is 0.130. The highest BCUT2D eigenvalue weighted by Gasteiger charge is 2.16. The van der Waals surface area contributed by atoms with Gasteiger partial charge < -0.3 is 5.32 Å². The fourth-order valence-corrected chi connectivity index (χ4v) is 4.46. The van der Waals surface area contributed by atoms with Crippen LogP contribution in [-0.2, 0) is 17.1 Å². The number of nitrogens with one attached hydrogen (secondary N) is 1. The molecule has 1 N–H and O–H groups in total. The smallest absolute Gasteiger partial charge is 0.269 e. The molecule has 0 atom stereocenters. The number of carbonyl (C=O) groups excluding carboxylic acids is 1. The minimum absolute atomic E-state index is 0.0340. The lowest BCUT2D eigenvalue weighted by molar-refractivity contribution is -0.385. The molecule has 0 fully saturated rings. The first-order valence-corrected chi connectivity index (χ1v) is 12.4. The maximum atomic E-state index is 12.4. The molecule has 0 spiro atoms. The van der Waals surface area contributed by atoms with Crippen LogP contribution in [0, 0.1) is 27.2 Å². The maximum Gasteiger partial charge on any atom is 0.269 e. The summed E-state index contributed by atoms with van der Waals surface area (Å²) in [5.41, 5.74) is 3.44. The van der Waals surface area contributed by atoms with E-state index in [1.807, 2.05) is 25.1 Å². The lowest BCUT2D eigenvalue weighted by Crippen LogP contribution is -2.22. The molecule has 3 aromatic carbocycles. The molecule has 11 nitrogen and oxygen atoms in total. The Morgan fingerprint density at radius 2 is 1.63 bits per heavy atom. The molecule has 1 aromatic heterocycles. The summed E-state index contributed by atoms with van der Waals surface area (Å²) in [6, 6.07) is 19.9. The number of thioether (sulfide) groups is 1. The van der Waals surface area contributed by atoms with Crippen LogP contribution in [0.3, 0.4) is 0 Å². The number of amides is 1. The van der Waals surface area contributed by atoms with Crippen molar-refractivity contribution in [2.24, 2.45) is 0 Å². The minimum atomic E-state index is -0.491. The number of nitrogens with zero attached hydrogens (tertiary/aromatic N) is 5. The van der Waals surface area contributed by atoms with Gasteiger partial charge in [-0.2, -0.15) is 0 Å². The first-order valence-electron chi connectivity index (χ1n) is 11.4. The van der Waals surface area contributed by atoms with Crippen molar-refractivity contribution >= 4 is 35.1 Å². The summed E-state index contributed by atoms with van der Waals surface area (Å²) in [5.74, 6) is 0.690. The Hall–Kier alpha value is -4.84. The molecule has 0 saturated heterocycles. The van der Waals surface area contributed by atoms with Crippen LogP contribution in [0.25, 0.3) is 11.8 Å². The number of hydrogen-bond donors (Lipinski definition) is 1. The van der Waals surface area contributed by atoms with Crippen molar-refractivity contribution < 1.29 is 14.6 Å². The zero-order valence-electron chi connectivity index (χ0n) is 20.2. The molecular formula is C26H22N6O5S. The van der Waals surface area contributed by atoms with E-state index in [1.165, 1.54) is 42.1 Å². The van der Waals surface area contributed by atoms with Crippen molar-refractivity contribution in [2.45, 2.75) is 24.4 Å². The Kier molecular flexibility index (Phi) is 8.23. The van der Waals surface area contributed by atoms with E-state index >= 15 is 0 Å². The van der Waals surface area contributed by atoms with Crippen molar-refractivity contribution in [1.82, 2.24) is 20.1 Å². The zero-order chi connectivity index (χ0) is 27.1. The molecule has 1 heterocycles. The summed E-state index contributed by atoms with van der Waals surface area (Å²) in [5, 5.41) is 33.8. The summed E-state index contributed by atoms with van der Waals surface area (Å²) >= 11 is 1.46. The largest absolute Gasteiger partial charge is 0.345 e. The van der Waals surface area contributed by atoms with E-state index in [4.69, 9.17) is 0 Å². The predicted octanol–water partition coefficient (Wildman–Crippen LogP) is 5.01. The van der Waals surface area contributed by atoms with E-state index in [1.54, 1.807) is 34.9 Å². The molecule has 0 aliphatic heterocycles. The molecule has 0 radical (unpaired) electrons. The van der Waals surface area contributed by atoms with Gasteiger partial charge in [0.1, 0.15) is 0 Å². The number of hydrogen-bond acceptors (Lipinski definition) is 8. The van der Waals surface area contributed by atoms with Gasteiger partial charge in [0, 0.05) is 41.8 Å². The third-order valence-electron chi connectivity index (χ3n) is 5.42. The van der Waals surface area contributed by atoms with Gasteiger partial charge in [-0.3, -0.25) is 29.6 Å². The Bertz CT molecular complexity index is 1500. The monoisotopic (exact) mass is 530 g/mol. The van der Waals surface area contributed by atoms with E-state index in [-0.39, 0.29) is 17.9 Å². The molecule has 1 amide bonds. The van der Waals surface area contributed by atoms with Gasteiger partial charge in [0.2, 0.25) is 5.91 Å². The first kappa shape index (κ1) is 26.2. The Morgan fingerprint density at radius 1 is 0.974 bits per heavy atom. The van der Waals surface area contributed by atoms with Gasteiger partial charge in [-0.05, 0) is 48.4 Å². The fourth-order valence-electron chi connectivity index (χ4n) is 3.55. The third kappa shape index (κ3) is 6.68. The van der Waals surface area contributed by atoms with Crippen molar-refractivity contribution in [2.75, 3.05) is 0 Å². The average molecular weight is 531 g/mol. The third-order valence-corrected chi connectivity index (χ3v) is 6.42. The molecule has 12 heteroatoms. The lowest BCUT2D eigenvalue weighted by atomic mass is 10.2. The van der Waals surface area contributed by atoms with Gasteiger partial charge in [-0.15, -0.1) is 10.2 Å². The lowest BCUT2D eigenvalue weighted by Gasteiger charge is -2.11. The second-order valence-corrected chi connectivity index (χ2v) is 9.13. The second-order valence-electron chi connectivity index (χ2n) is 8.19. The van der Waals surface area contributed by atoms with Crippen LogP contribution in [-0.4, -0.2) is 30.5 Å². The zero-order valence-corrected chi connectivity index (χ0v) is 21.0. The maximum absolute atomic E-state index is 12.4. The first-order chi connectivity index (χ1) is 18.3. The van der Waals surface area contributed by atoms with Crippen molar-refractivity contribution in [3.63, 3.8) is 0 Å². The molecule has 0 unspecified atom stereocenters. The Morgan fingerprint density at radius 3 is 2.26 bits per heavy atom. The highest BCUT2D eigenvalue weighted by molar-refractivity contribution is 7.98. The molecule has 4 rings (SSSR count). The van der Waals surface area contributed by atoms with Gasteiger partial charge >= 0.3 is 0 Å². The summed E-state index contributed by atoms with van der Waals surface area (Å²) < 4.78 is 1.75. The van der Waals surface area contributed by atoms with E-state index in [2.05, 4.69) is 21.6 Å². The molecule has 0 aliphatic carbocycles. The molecule has 192 valence electrons. The van der Waals surface area contributed by atoms with Crippen LogP contribution >= 0.6 is 11.8 Å². The molecule has 0 aliphatic rings. The van der Waals surface area contributed by atoms with Crippen LogP contribution in [0.15, 0.2) is 84.0 Å². The van der Waals surface area contributed by atoms with Gasteiger partial charge in [0.05, 0.1) is 16.4 Å². The number of benzene rings is 3. The fraction of sp³-hybridized carbons (Fsp3) is 0.115. The number of aromatic nitrogens is 3. The molecule has 4 aromatic rings. The van der Waals surface area contributed by atoms with E-state index < -0.39 is 15.8 Å². The molecule has 0 bridgehead atoms.